The van der Waals surface area contributed by atoms with Gasteiger partial charge in [0.25, 0.3) is 0 Å². The third kappa shape index (κ3) is 3.23. The topological polar surface area (TPSA) is 60.9 Å². The van der Waals surface area contributed by atoms with Crippen LogP contribution in [0.1, 0.15) is 44.9 Å². The smallest absolute Gasteiger partial charge is 0.227 e. The Hall–Kier alpha value is -1.10. The molecule has 21 heavy (non-hydrogen) atoms. The van der Waals surface area contributed by atoms with Crippen LogP contribution in [0.25, 0.3) is 0 Å². The summed E-state index contributed by atoms with van der Waals surface area (Å²) in [6.07, 6.45) is 7.14. The van der Waals surface area contributed by atoms with Crippen LogP contribution >= 0.6 is 0 Å². The number of aliphatic hydroxyl groups is 1. The van der Waals surface area contributed by atoms with Crippen molar-refractivity contribution >= 4 is 11.8 Å². The van der Waals surface area contributed by atoms with Gasteiger partial charge in [-0.05, 0) is 44.9 Å². The molecule has 2 saturated carbocycles. The van der Waals surface area contributed by atoms with Gasteiger partial charge in [-0.15, -0.1) is 0 Å². The number of amides is 2. The van der Waals surface area contributed by atoms with Crippen LogP contribution in [-0.2, 0) is 9.59 Å². The third-order valence-corrected chi connectivity index (χ3v) is 5.15. The van der Waals surface area contributed by atoms with Crippen molar-refractivity contribution in [2.75, 3.05) is 26.2 Å². The molecule has 1 unspecified atom stereocenters. The van der Waals surface area contributed by atoms with Crippen LogP contribution in [0.3, 0.4) is 0 Å². The summed E-state index contributed by atoms with van der Waals surface area (Å²) < 4.78 is 0. The Morgan fingerprint density at radius 3 is 2.38 bits per heavy atom. The molecule has 1 N–H and O–H groups in total. The first-order chi connectivity index (χ1) is 10.2. The van der Waals surface area contributed by atoms with Crippen LogP contribution < -0.4 is 0 Å². The Morgan fingerprint density at radius 2 is 1.81 bits per heavy atom. The van der Waals surface area contributed by atoms with E-state index in [4.69, 9.17) is 0 Å². The van der Waals surface area contributed by atoms with Crippen molar-refractivity contribution in [3.63, 3.8) is 0 Å². The lowest BCUT2D eigenvalue weighted by Gasteiger charge is -2.41. The zero-order chi connectivity index (χ0) is 14.8. The lowest BCUT2D eigenvalue weighted by Crippen LogP contribution is -2.52. The predicted octanol–water partition coefficient (Wildman–Crippen LogP) is 1.01. The number of carbonyl (C=O) groups is 2. The predicted molar refractivity (Wildman–Crippen MR) is 78.5 cm³/mol. The minimum absolute atomic E-state index is 0.0275. The lowest BCUT2D eigenvalue weighted by atomic mass is 9.89. The number of rotatable bonds is 5. The summed E-state index contributed by atoms with van der Waals surface area (Å²) in [7, 11) is 0. The lowest BCUT2D eigenvalue weighted by molar-refractivity contribution is -0.145. The van der Waals surface area contributed by atoms with Crippen molar-refractivity contribution in [1.29, 1.82) is 0 Å². The molecule has 2 aliphatic carbocycles. The number of hydrogen-bond donors (Lipinski definition) is 1. The normalized spacial score (nSPS) is 26.3. The molecule has 3 rings (SSSR count). The summed E-state index contributed by atoms with van der Waals surface area (Å²) in [6.45, 7) is 1.86. The van der Waals surface area contributed by atoms with Gasteiger partial charge < -0.3 is 14.9 Å². The molecule has 0 aromatic carbocycles. The molecule has 0 aromatic rings. The average molecular weight is 294 g/mol. The Kier molecular flexibility index (Phi) is 4.48. The van der Waals surface area contributed by atoms with Crippen LogP contribution in [0.2, 0.25) is 0 Å². The van der Waals surface area contributed by atoms with E-state index < -0.39 is 0 Å². The summed E-state index contributed by atoms with van der Waals surface area (Å²) in [4.78, 5) is 28.7. The number of aliphatic hydroxyl groups excluding tert-OH is 1. The number of likely N-dealkylation sites (tertiary alicyclic amines) is 1. The molecule has 0 bridgehead atoms. The highest BCUT2D eigenvalue weighted by Gasteiger charge is 2.39. The van der Waals surface area contributed by atoms with E-state index in [9.17, 15) is 14.7 Å². The van der Waals surface area contributed by atoms with Gasteiger partial charge >= 0.3 is 0 Å². The molecule has 1 atom stereocenters. The van der Waals surface area contributed by atoms with Gasteiger partial charge in [0, 0.05) is 31.6 Å². The van der Waals surface area contributed by atoms with Gasteiger partial charge in [0.1, 0.15) is 0 Å². The molecule has 0 spiro atoms. The van der Waals surface area contributed by atoms with E-state index in [-0.39, 0.29) is 30.3 Å². The van der Waals surface area contributed by atoms with Gasteiger partial charge in [-0.25, -0.2) is 0 Å². The molecule has 0 radical (unpaired) electrons. The number of carbonyl (C=O) groups excluding carboxylic acids is 2. The molecular weight excluding hydrogens is 268 g/mol. The first kappa shape index (κ1) is 14.8. The molecule has 1 saturated heterocycles. The number of nitrogens with zero attached hydrogens (tertiary/aromatic N) is 2. The second-order valence-electron chi connectivity index (χ2n) is 6.74. The zero-order valence-electron chi connectivity index (χ0n) is 12.7. The fourth-order valence-electron chi connectivity index (χ4n) is 3.48. The molecule has 3 aliphatic rings. The Labute approximate surface area is 126 Å². The second-order valence-corrected chi connectivity index (χ2v) is 6.74. The maximum absolute atomic E-state index is 12.8. The Balaban J connectivity index is 1.60. The van der Waals surface area contributed by atoms with Crippen molar-refractivity contribution in [1.82, 2.24) is 9.80 Å². The minimum atomic E-state index is -0.0615. The Bertz CT molecular complexity index is 404. The Morgan fingerprint density at radius 1 is 1.05 bits per heavy atom. The van der Waals surface area contributed by atoms with Crippen molar-refractivity contribution in [2.45, 2.75) is 51.0 Å². The number of piperidine rings is 1. The highest BCUT2D eigenvalue weighted by molar-refractivity contribution is 5.83. The minimum Gasteiger partial charge on any atom is -0.395 e. The molecule has 118 valence electrons. The van der Waals surface area contributed by atoms with Gasteiger partial charge in [-0.2, -0.15) is 0 Å². The first-order valence-electron chi connectivity index (χ1n) is 8.41. The molecule has 1 aliphatic heterocycles. The van der Waals surface area contributed by atoms with E-state index in [0.29, 0.717) is 19.1 Å². The van der Waals surface area contributed by atoms with Gasteiger partial charge in [-0.3, -0.25) is 9.59 Å². The molecular formula is C16H26N2O3. The van der Waals surface area contributed by atoms with E-state index in [1.165, 1.54) is 6.42 Å². The zero-order valence-corrected chi connectivity index (χ0v) is 12.7. The monoisotopic (exact) mass is 294 g/mol. The van der Waals surface area contributed by atoms with Crippen LogP contribution in [-0.4, -0.2) is 59.0 Å². The van der Waals surface area contributed by atoms with Crippen LogP contribution in [0.4, 0.5) is 0 Å². The first-order valence-corrected chi connectivity index (χ1v) is 8.41. The fourth-order valence-corrected chi connectivity index (χ4v) is 3.48. The third-order valence-electron chi connectivity index (χ3n) is 5.15. The molecule has 0 aromatic heterocycles. The van der Waals surface area contributed by atoms with Crippen LogP contribution in [0, 0.1) is 11.8 Å². The van der Waals surface area contributed by atoms with Gasteiger partial charge in [0.2, 0.25) is 11.8 Å². The molecule has 3 fully saturated rings. The van der Waals surface area contributed by atoms with E-state index in [1.807, 2.05) is 9.80 Å². The van der Waals surface area contributed by atoms with Gasteiger partial charge in [0.05, 0.1) is 12.5 Å². The summed E-state index contributed by atoms with van der Waals surface area (Å²) in [5.74, 6) is 0.583. The summed E-state index contributed by atoms with van der Waals surface area (Å²) in [5, 5.41) is 9.22. The maximum atomic E-state index is 12.8. The highest BCUT2D eigenvalue weighted by Crippen LogP contribution is 2.33. The second kappa shape index (κ2) is 6.34. The highest BCUT2D eigenvalue weighted by atomic mass is 16.3. The average Bonchev–Trinajstić information content (AvgIpc) is 3.28. The van der Waals surface area contributed by atoms with Crippen molar-refractivity contribution < 1.29 is 14.7 Å². The standard InChI is InChI=1S/C16H26N2O3/c19-10-9-18(14-4-1-5-14)16(21)13-3-2-8-17(11-13)15(20)12-6-7-12/h12-14,19H,1-11H2. The van der Waals surface area contributed by atoms with Crippen molar-refractivity contribution in [3.05, 3.63) is 0 Å². The van der Waals surface area contributed by atoms with E-state index in [1.54, 1.807) is 0 Å². The van der Waals surface area contributed by atoms with Gasteiger partial charge in [0.15, 0.2) is 0 Å². The van der Waals surface area contributed by atoms with E-state index in [2.05, 4.69) is 0 Å². The number of hydrogen-bond acceptors (Lipinski definition) is 3. The molecule has 5 nitrogen and oxygen atoms in total. The maximum Gasteiger partial charge on any atom is 0.227 e. The van der Waals surface area contributed by atoms with Crippen LogP contribution in [0.15, 0.2) is 0 Å². The van der Waals surface area contributed by atoms with Crippen LogP contribution in [0.5, 0.6) is 0 Å². The van der Waals surface area contributed by atoms with Gasteiger partial charge in [-0.1, -0.05) is 0 Å². The SMILES string of the molecule is O=C(C1CC1)N1CCCC(C(=O)N(CCO)C2CCC2)C1. The van der Waals surface area contributed by atoms with Crippen molar-refractivity contribution in [2.24, 2.45) is 11.8 Å². The van der Waals surface area contributed by atoms with Crippen molar-refractivity contribution in [3.8, 4) is 0 Å². The summed E-state index contributed by atoms with van der Waals surface area (Å²) in [6, 6.07) is 0.319. The molecule has 1 heterocycles. The van der Waals surface area contributed by atoms with E-state index >= 15 is 0 Å². The summed E-state index contributed by atoms with van der Waals surface area (Å²) >= 11 is 0. The molecule has 2 amide bonds. The van der Waals surface area contributed by atoms with E-state index in [0.717, 1.165) is 45.1 Å². The largest absolute Gasteiger partial charge is 0.395 e. The quantitative estimate of drug-likeness (QED) is 0.823. The summed E-state index contributed by atoms with van der Waals surface area (Å²) in [5.41, 5.74) is 0. The molecule has 5 heteroatoms. The fraction of sp³-hybridized carbons (Fsp3) is 0.875.